The van der Waals surface area contributed by atoms with Crippen LogP contribution in [0.3, 0.4) is 0 Å². The lowest BCUT2D eigenvalue weighted by Crippen LogP contribution is -2.23. The van der Waals surface area contributed by atoms with Crippen LogP contribution >= 0.6 is 15.9 Å². The van der Waals surface area contributed by atoms with E-state index >= 15 is 0 Å². The summed E-state index contributed by atoms with van der Waals surface area (Å²) in [6.45, 7) is 0.915. The molecule has 2 aromatic carbocycles. The molecule has 0 aliphatic rings. The molecule has 0 aromatic heterocycles. The van der Waals surface area contributed by atoms with Crippen molar-refractivity contribution in [3.63, 3.8) is 0 Å². The van der Waals surface area contributed by atoms with Crippen molar-refractivity contribution in [1.29, 1.82) is 0 Å². The Morgan fingerprint density at radius 2 is 1.80 bits per heavy atom. The van der Waals surface area contributed by atoms with Crippen molar-refractivity contribution in [2.75, 3.05) is 13.6 Å². The molecule has 0 saturated heterocycles. The minimum atomic E-state index is -0.189. The third-order valence-electron chi connectivity index (χ3n) is 3.40. The van der Waals surface area contributed by atoms with Crippen LogP contribution in [0.2, 0.25) is 0 Å². The van der Waals surface area contributed by atoms with Crippen LogP contribution in [-0.2, 0) is 12.8 Å². The van der Waals surface area contributed by atoms with E-state index in [1.165, 1.54) is 11.6 Å². The fourth-order valence-corrected chi connectivity index (χ4v) is 2.90. The second-order valence-corrected chi connectivity index (χ2v) is 5.82. The van der Waals surface area contributed by atoms with Crippen LogP contribution in [0.4, 0.5) is 4.39 Å². The number of nitrogens with one attached hydrogen (secondary N) is 1. The zero-order valence-corrected chi connectivity index (χ0v) is 13.2. The van der Waals surface area contributed by atoms with E-state index in [4.69, 9.17) is 0 Å². The molecule has 2 aromatic rings. The second kappa shape index (κ2) is 7.55. The number of rotatable bonds is 6. The predicted octanol–water partition coefficient (Wildman–Crippen LogP) is 4.21. The van der Waals surface area contributed by atoms with Crippen LogP contribution in [0.25, 0.3) is 0 Å². The monoisotopic (exact) mass is 335 g/mol. The van der Waals surface area contributed by atoms with Gasteiger partial charge < -0.3 is 5.32 Å². The van der Waals surface area contributed by atoms with Crippen LogP contribution in [0.5, 0.6) is 0 Å². The highest BCUT2D eigenvalue weighted by Gasteiger charge is 2.13. The molecule has 1 N–H and O–H groups in total. The molecule has 0 amide bonds. The summed E-state index contributed by atoms with van der Waals surface area (Å²) in [6.07, 6.45) is 1.85. The summed E-state index contributed by atoms with van der Waals surface area (Å²) in [6, 6.07) is 15.7. The molecule has 2 rings (SSSR count). The van der Waals surface area contributed by atoms with Gasteiger partial charge in [-0.25, -0.2) is 4.39 Å². The first kappa shape index (κ1) is 15.2. The van der Waals surface area contributed by atoms with Crippen molar-refractivity contribution >= 4 is 15.9 Å². The first-order valence-electron chi connectivity index (χ1n) is 6.82. The summed E-state index contributed by atoms with van der Waals surface area (Å²) >= 11 is 3.35. The summed E-state index contributed by atoms with van der Waals surface area (Å²) in [7, 11) is 1.96. The molecular weight excluding hydrogens is 317 g/mol. The average Bonchev–Trinajstić information content (AvgIpc) is 2.45. The standard InChI is InChI=1S/C17H19BrFN/c1-20-12-14(10-13-6-3-2-4-7-13)11-15-8-5-9-16(19)17(15)18/h2-9,14,20H,10-12H2,1H3. The van der Waals surface area contributed by atoms with Crippen LogP contribution in [0.15, 0.2) is 53.0 Å². The molecule has 20 heavy (non-hydrogen) atoms. The smallest absolute Gasteiger partial charge is 0.137 e. The first-order chi connectivity index (χ1) is 9.70. The van der Waals surface area contributed by atoms with Gasteiger partial charge in [-0.3, -0.25) is 0 Å². The molecule has 0 bridgehead atoms. The molecule has 0 radical (unpaired) electrons. The summed E-state index contributed by atoms with van der Waals surface area (Å²) in [5, 5.41) is 3.23. The molecular formula is C17H19BrFN. The van der Waals surface area contributed by atoms with Gasteiger partial charge in [-0.2, -0.15) is 0 Å². The van der Waals surface area contributed by atoms with Crippen molar-refractivity contribution in [2.24, 2.45) is 5.92 Å². The Kier molecular flexibility index (Phi) is 5.74. The van der Waals surface area contributed by atoms with E-state index in [9.17, 15) is 4.39 Å². The normalized spacial score (nSPS) is 12.3. The van der Waals surface area contributed by atoms with Gasteiger partial charge in [0.15, 0.2) is 0 Å². The van der Waals surface area contributed by atoms with Crippen LogP contribution in [-0.4, -0.2) is 13.6 Å². The Hall–Kier alpha value is -1.19. The van der Waals surface area contributed by atoms with Gasteiger partial charge in [0.1, 0.15) is 5.82 Å². The van der Waals surface area contributed by atoms with Crippen molar-refractivity contribution in [2.45, 2.75) is 12.8 Å². The van der Waals surface area contributed by atoms with Crippen LogP contribution in [0.1, 0.15) is 11.1 Å². The van der Waals surface area contributed by atoms with E-state index in [1.54, 1.807) is 6.07 Å². The lowest BCUT2D eigenvalue weighted by Gasteiger charge is -2.18. The third kappa shape index (κ3) is 4.15. The average molecular weight is 336 g/mol. The Labute approximate surface area is 128 Å². The van der Waals surface area contributed by atoms with Crippen molar-refractivity contribution in [3.8, 4) is 0 Å². The van der Waals surface area contributed by atoms with E-state index in [0.717, 1.165) is 24.9 Å². The number of halogens is 2. The highest BCUT2D eigenvalue weighted by atomic mass is 79.9. The molecule has 0 aliphatic heterocycles. The minimum Gasteiger partial charge on any atom is -0.319 e. The summed E-state index contributed by atoms with van der Waals surface area (Å²) in [4.78, 5) is 0. The van der Waals surface area contributed by atoms with Crippen molar-refractivity contribution < 1.29 is 4.39 Å². The topological polar surface area (TPSA) is 12.0 Å². The highest BCUT2D eigenvalue weighted by Crippen LogP contribution is 2.24. The van der Waals surface area contributed by atoms with Gasteiger partial charge in [0.2, 0.25) is 0 Å². The van der Waals surface area contributed by atoms with Crippen LogP contribution < -0.4 is 5.32 Å². The molecule has 1 nitrogen and oxygen atoms in total. The van der Waals surface area contributed by atoms with Gasteiger partial charge >= 0.3 is 0 Å². The van der Waals surface area contributed by atoms with Gasteiger partial charge in [-0.15, -0.1) is 0 Å². The maximum atomic E-state index is 13.6. The van der Waals surface area contributed by atoms with Gasteiger partial charge in [0, 0.05) is 0 Å². The second-order valence-electron chi connectivity index (χ2n) is 5.03. The highest BCUT2D eigenvalue weighted by molar-refractivity contribution is 9.10. The fourth-order valence-electron chi connectivity index (χ4n) is 2.47. The van der Waals surface area contributed by atoms with Gasteiger partial charge in [-0.1, -0.05) is 42.5 Å². The molecule has 0 saturated carbocycles. The summed E-state index contributed by atoms with van der Waals surface area (Å²) < 4.78 is 14.2. The molecule has 1 atom stereocenters. The van der Waals surface area contributed by atoms with Crippen molar-refractivity contribution in [1.82, 2.24) is 5.32 Å². The van der Waals surface area contributed by atoms with E-state index in [-0.39, 0.29) is 5.82 Å². The van der Waals surface area contributed by atoms with E-state index in [0.29, 0.717) is 10.4 Å². The minimum absolute atomic E-state index is 0.189. The zero-order valence-electron chi connectivity index (χ0n) is 11.6. The van der Waals surface area contributed by atoms with E-state index in [2.05, 4.69) is 45.5 Å². The predicted molar refractivity (Wildman–Crippen MR) is 85.4 cm³/mol. The zero-order chi connectivity index (χ0) is 14.4. The van der Waals surface area contributed by atoms with Crippen LogP contribution in [0, 0.1) is 11.7 Å². The number of hydrogen-bond donors (Lipinski definition) is 1. The maximum absolute atomic E-state index is 13.6. The quantitative estimate of drug-likeness (QED) is 0.833. The maximum Gasteiger partial charge on any atom is 0.137 e. The number of benzene rings is 2. The molecule has 0 fully saturated rings. The Morgan fingerprint density at radius 3 is 2.50 bits per heavy atom. The lowest BCUT2D eigenvalue weighted by atomic mass is 9.92. The summed E-state index contributed by atoms with van der Waals surface area (Å²) in [5.74, 6) is 0.255. The Bertz CT molecular complexity index is 542. The SMILES string of the molecule is CNCC(Cc1ccccc1)Cc1cccc(F)c1Br. The van der Waals surface area contributed by atoms with Crippen molar-refractivity contribution in [3.05, 3.63) is 69.9 Å². The summed E-state index contributed by atoms with van der Waals surface area (Å²) in [5.41, 5.74) is 2.35. The molecule has 0 spiro atoms. The number of hydrogen-bond acceptors (Lipinski definition) is 1. The molecule has 3 heteroatoms. The lowest BCUT2D eigenvalue weighted by molar-refractivity contribution is 0.490. The van der Waals surface area contributed by atoms with Gasteiger partial charge in [-0.05, 0) is 65.5 Å². The first-order valence-corrected chi connectivity index (χ1v) is 7.61. The fraction of sp³-hybridized carbons (Fsp3) is 0.294. The van der Waals surface area contributed by atoms with Gasteiger partial charge in [0.05, 0.1) is 4.47 Å². The molecule has 1 unspecified atom stereocenters. The third-order valence-corrected chi connectivity index (χ3v) is 4.29. The Morgan fingerprint density at radius 1 is 1.05 bits per heavy atom. The van der Waals surface area contributed by atoms with E-state index in [1.807, 2.05) is 19.2 Å². The Balaban J connectivity index is 2.11. The van der Waals surface area contributed by atoms with Gasteiger partial charge in [0.25, 0.3) is 0 Å². The largest absolute Gasteiger partial charge is 0.319 e. The molecule has 0 aliphatic carbocycles. The molecule has 106 valence electrons. The van der Waals surface area contributed by atoms with E-state index < -0.39 is 0 Å². The molecule has 0 heterocycles.